The Labute approximate surface area is 208 Å². The molecule has 0 aliphatic carbocycles. The van der Waals surface area contributed by atoms with Crippen LogP contribution in [0.4, 0.5) is 0 Å². The Morgan fingerprint density at radius 2 is 1.74 bits per heavy atom. The van der Waals surface area contributed by atoms with Crippen LogP contribution in [0.2, 0.25) is 5.02 Å². The molecule has 182 valence electrons. The molecule has 2 atom stereocenters. The zero-order valence-corrected chi connectivity index (χ0v) is 21.6. The van der Waals surface area contributed by atoms with E-state index in [-0.39, 0.29) is 23.7 Å². The van der Waals surface area contributed by atoms with Crippen molar-refractivity contribution >= 4 is 34.2 Å². The lowest BCUT2D eigenvalue weighted by molar-refractivity contribution is -0.122. The molecule has 1 amide bonds. The number of aryl methyl sites for hydroxylation is 1. The molecule has 0 aliphatic rings. The van der Waals surface area contributed by atoms with Crippen molar-refractivity contribution in [1.29, 1.82) is 0 Å². The van der Waals surface area contributed by atoms with Crippen molar-refractivity contribution < 1.29 is 9.59 Å². The molecular weight excluding hydrogens is 444 g/mol. The lowest BCUT2D eigenvalue weighted by atomic mass is 9.93. The summed E-state index contributed by atoms with van der Waals surface area (Å²) in [5.41, 5.74) is 3.95. The average Bonchev–Trinajstić information content (AvgIpc) is 3.07. The van der Waals surface area contributed by atoms with Gasteiger partial charge in [-0.3, -0.25) is 9.59 Å². The molecule has 4 nitrogen and oxygen atoms in total. The number of Topliss-reactive ketones (excluding diaryl/α,β-unsaturated/α-hetero) is 1. The average molecular weight is 481 g/mol. The fourth-order valence-electron chi connectivity index (χ4n) is 4.73. The lowest BCUT2D eigenvalue weighted by Gasteiger charge is -2.16. The number of unbranched alkanes of at least 4 members (excludes halogenated alkanes) is 3. The van der Waals surface area contributed by atoms with E-state index in [0.717, 1.165) is 47.0 Å². The molecule has 0 aliphatic heterocycles. The standard InChI is InChI=1S/C29H37ClN2O2/c1-5-6-7-11-14-26-29(24-19-23(30)15-16-25(24)32(26)4)27(33)17-20(2)18-28(34)31-21(3)22-12-9-8-10-13-22/h8-10,12-13,15-16,19-21H,5-7,11,14,17-18H2,1-4H3,(H,31,34). The molecule has 1 heterocycles. The Kier molecular flexibility index (Phi) is 9.35. The van der Waals surface area contributed by atoms with Gasteiger partial charge in [-0.1, -0.05) is 75.0 Å². The Bertz CT molecular complexity index is 1120. The van der Waals surface area contributed by atoms with Crippen LogP contribution in [0.25, 0.3) is 10.9 Å². The summed E-state index contributed by atoms with van der Waals surface area (Å²) in [7, 11) is 2.03. The Morgan fingerprint density at radius 3 is 2.44 bits per heavy atom. The van der Waals surface area contributed by atoms with Gasteiger partial charge in [0.1, 0.15) is 0 Å². The third-order valence-corrected chi connectivity index (χ3v) is 6.81. The topological polar surface area (TPSA) is 51.1 Å². The smallest absolute Gasteiger partial charge is 0.220 e. The van der Waals surface area contributed by atoms with Gasteiger partial charge in [0.05, 0.1) is 6.04 Å². The molecular formula is C29H37ClN2O2. The number of carbonyl (C=O) groups excluding carboxylic acids is 2. The summed E-state index contributed by atoms with van der Waals surface area (Å²) < 4.78 is 2.14. The van der Waals surface area contributed by atoms with Crippen LogP contribution in [0, 0.1) is 5.92 Å². The van der Waals surface area contributed by atoms with E-state index < -0.39 is 0 Å². The minimum atomic E-state index is -0.0634. The van der Waals surface area contributed by atoms with E-state index in [4.69, 9.17) is 11.6 Å². The quantitative estimate of drug-likeness (QED) is 0.216. The zero-order valence-electron chi connectivity index (χ0n) is 20.9. The predicted molar refractivity (Wildman–Crippen MR) is 142 cm³/mol. The van der Waals surface area contributed by atoms with Crippen molar-refractivity contribution in [1.82, 2.24) is 9.88 Å². The van der Waals surface area contributed by atoms with Gasteiger partial charge in [-0.2, -0.15) is 0 Å². The Hall–Kier alpha value is -2.59. The van der Waals surface area contributed by atoms with Gasteiger partial charge < -0.3 is 9.88 Å². The lowest BCUT2D eigenvalue weighted by Crippen LogP contribution is -2.28. The highest BCUT2D eigenvalue weighted by Gasteiger charge is 2.23. The number of nitrogens with one attached hydrogen (secondary N) is 1. The van der Waals surface area contributed by atoms with Gasteiger partial charge in [-0.05, 0) is 49.4 Å². The van der Waals surface area contributed by atoms with E-state index in [1.165, 1.54) is 12.8 Å². The maximum atomic E-state index is 13.5. The van der Waals surface area contributed by atoms with Crippen molar-refractivity contribution in [2.75, 3.05) is 0 Å². The molecule has 2 unspecified atom stereocenters. The summed E-state index contributed by atoms with van der Waals surface area (Å²) in [5.74, 6) is 0.00466. The van der Waals surface area contributed by atoms with Crippen molar-refractivity contribution in [2.24, 2.45) is 13.0 Å². The summed E-state index contributed by atoms with van der Waals surface area (Å²) in [5, 5.41) is 4.61. The first-order valence-electron chi connectivity index (χ1n) is 12.5. The number of amides is 1. The summed E-state index contributed by atoms with van der Waals surface area (Å²) in [4.78, 5) is 26.2. The SMILES string of the molecule is CCCCCCc1c(C(=O)CC(C)CC(=O)NC(C)c2ccccc2)c2cc(Cl)ccc2n1C. The van der Waals surface area contributed by atoms with Gasteiger partial charge in [-0.25, -0.2) is 0 Å². The zero-order chi connectivity index (χ0) is 24.7. The highest BCUT2D eigenvalue weighted by molar-refractivity contribution is 6.31. The van der Waals surface area contributed by atoms with Crippen molar-refractivity contribution in [2.45, 2.75) is 71.8 Å². The van der Waals surface area contributed by atoms with Crippen LogP contribution < -0.4 is 5.32 Å². The molecule has 3 rings (SSSR count). The normalized spacial score (nSPS) is 13.1. The number of hydrogen-bond acceptors (Lipinski definition) is 2. The number of halogens is 1. The van der Waals surface area contributed by atoms with Crippen LogP contribution in [0.15, 0.2) is 48.5 Å². The number of nitrogens with zero attached hydrogens (tertiary/aromatic N) is 1. The van der Waals surface area contributed by atoms with Crippen molar-refractivity contribution in [3.63, 3.8) is 0 Å². The maximum Gasteiger partial charge on any atom is 0.220 e. The first kappa shape index (κ1) is 26.0. The molecule has 2 aromatic carbocycles. The maximum absolute atomic E-state index is 13.5. The molecule has 3 aromatic rings. The minimum absolute atomic E-state index is 0.0302. The third-order valence-electron chi connectivity index (χ3n) is 6.57. The second-order valence-electron chi connectivity index (χ2n) is 9.49. The fourth-order valence-corrected chi connectivity index (χ4v) is 4.90. The van der Waals surface area contributed by atoms with Crippen LogP contribution in [-0.2, 0) is 18.3 Å². The van der Waals surface area contributed by atoms with E-state index in [2.05, 4.69) is 16.8 Å². The number of ketones is 1. The third kappa shape index (κ3) is 6.50. The minimum Gasteiger partial charge on any atom is -0.350 e. The molecule has 5 heteroatoms. The van der Waals surface area contributed by atoms with Crippen molar-refractivity contribution in [3.05, 3.63) is 70.4 Å². The number of rotatable bonds is 12. The molecule has 0 saturated carbocycles. The van der Waals surface area contributed by atoms with Gasteiger partial charge in [-0.15, -0.1) is 0 Å². The molecule has 0 spiro atoms. The largest absolute Gasteiger partial charge is 0.350 e. The Morgan fingerprint density at radius 1 is 1.00 bits per heavy atom. The summed E-state index contributed by atoms with van der Waals surface area (Å²) in [6, 6.07) is 15.6. The van der Waals surface area contributed by atoms with Gasteiger partial charge in [0.15, 0.2) is 5.78 Å². The fraction of sp³-hybridized carbons (Fsp3) is 0.448. The highest BCUT2D eigenvalue weighted by Crippen LogP contribution is 2.31. The van der Waals surface area contributed by atoms with Crippen LogP contribution in [0.5, 0.6) is 0 Å². The molecule has 0 fully saturated rings. The van der Waals surface area contributed by atoms with Gasteiger partial charge in [0, 0.05) is 47.1 Å². The molecule has 34 heavy (non-hydrogen) atoms. The first-order chi connectivity index (χ1) is 16.3. The molecule has 0 saturated heterocycles. The highest BCUT2D eigenvalue weighted by atomic mass is 35.5. The number of benzene rings is 2. The van der Waals surface area contributed by atoms with Gasteiger partial charge in [0.2, 0.25) is 5.91 Å². The first-order valence-corrected chi connectivity index (χ1v) is 12.8. The van der Waals surface area contributed by atoms with E-state index in [1.807, 2.05) is 69.4 Å². The molecule has 1 aromatic heterocycles. The predicted octanol–water partition coefficient (Wildman–Crippen LogP) is 7.43. The number of hydrogen-bond donors (Lipinski definition) is 1. The van der Waals surface area contributed by atoms with E-state index in [9.17, 15) is 9.59 Å². The van der Waals surface area contributed by atoms with Crippen LogP contribution in [-0.4, -0.2) is 16.3 Å². The van der Waals surface area contributed by atoms with Crippen molar-refractivity contribution in [3.8, 4) is 0 Å². The van der Waals surface area contributed by atoms with E-state index in [1.54, 1.807) is 0 Å². The molecule has 0 bridgehead atoms. The monoisotopic (exact) mass is 480 g/mol. The number of aromatic nitrogens is 1. The number of carbonyl (C=O) groups is 2. The van der Waals surface area contributed by atoms with Gasteiger partial charge in [0.25, 0.3) is 0 Å². The Balaban J connectivity index is 1.72. The van der Waals surface area contributed by atoms with Crippen LogP contribution in [0.1, 0.15) is 87.0 Å². The second-order valence-corrected chi connectivity index (χ2v) is 9.93. The molecule has 1 N–H and O–H groups in total. The summed E-state index contributed by atoms with van der Waals surface area (Å²) in [6.45, 7) is 6.16. The van der Waals surface area contributed by atoms with E-state index in [0.29, 0.717) is 17.9 Å². The van der Waals surface area contributed by atoms with Crippen LogP contribution >= 0.6 is 11.6 Å². The van der Waals surface area contributed by atoms with Crippen LogP contribution in [0.3, 0.4) is 0 Å². The van der Waals surface area contributed by atoms with E-state index >= 15 is 0 Å². The molecule has 0 radical (unpaired) electrons. The second kappa shape index (κ2) is 12.2. The summed E-state index contributed by atoms with van der Waals surface area (Å²) >= 11 is 6.30. The summed E-state index contributed by atoms with van der Waals surface area (Å²) in [6.07, 6.45) is 6.11. The van der Waals surface area contributed by atoms with Gasteiger partial charge >= 0.3 is 0 Å². The number of fused-ring (bicyclic) bond motifs is 1.